The fraction of sp³-hybridized carbons (Fsp3) is 0.0625. The Hall–Kier alpha value is -2.78. The number of carbonyl (C=O) groups excluding carboxylic acids is 1. The molecule has 0 atom stereocenters. The molecule has 2 aromatic carbocycles. The predicted octanol–water partition coefficient (Wildman–Crippen LogP) is 3.45. The number of thioether (sulfide) groups is 1. The largest absolute Gasteiger partial charge is 0.278 e. The number of rotatable bonds is 6. The molecule has 0 unspecified atom stereocenters. The molecule has 0 saturated heterocycles. The van der Waals surface area contributed by atoms with Crippen molar-refractivity contribution in [3.63, 3.8) is 0 Å². The highest BCUT2D eigenvalue weighted by molar-refractivity contribution is 8.01. The number of fused-ring (bicyclic) bond motifs is 1. The summed E-state index contributed by atoms with van der Waals surface area (Å²) >= 11 is 2.85. The van der Waals surface area contributed by atoms with Crippen LogP contribution in [0.1, 0.15) is 5.56 Å². The normalized spacial score (nSPS) is 11.0. The molecule has 7 nitrogen and oxygen atoms in total. The average Bonchev–Trinajstić information content (AvgIpc) is 3.03. The molecule has 1 heterocycles. The van der Waals surface area contributed by atoms with Crippen molar-refractivity contribution < 1.29 is 9.72 Å². The van der Waals surface area contributed by atoms with Crippen LogP contribution in [-0.2, 0) is 4.79 Å². The first-order valence-electron chi connectivity index (χ1n) is 7.17. The highest BCUT2D eigenvalue weighted by atomic mass is 32.2. The maximum Gasteiger partial charge on any atom is 0.278 e. The van der Waals surface area contributed by atoms with Gasteiger partial charge in [0.1, 0.15) is 0 Å². The number of para-hydroxylation sites is 2. The molecule has 0 bridgehead atoms. The Morgan fingerprint density at radius 2 is 2.04 bits per heavy atom. The number of amides is 1. The zero-order valence-electron chi connectivity index (χ0n) is 12.8. The van der Waals surface area contributed by atoms with Crippen molar-refractivity contribution in [2.45, 2.75) is 4.34 Å². The minimum absolute atomic E-state index is 0.0654. The number of carbonyl (C=O) groups is 1. The second-order valence-corrected chi connectivity index (χ2v) is 7.10. The van der Waals surface area contributed by atoms with E-state index in [4.69, 9.17) is 0 Å². The van der Waals surface area contributed by atoms with E-state index in [9.17, 15) is 14.9 Å². The minimum Gasteiger partial charge on any atom is -0.272 e. The van der Waals surface area contributed by atoms with Crippen LogP contribution in [0.4, 0.5) is 5.69 Å². The van der Waals surface area contributed by atoms with Gasteiger partial charge in [0.25, 0.3) is 11.6 Å². The third-order valence-corrected chi connectivity index (χ3v) is 5.31. The van der Waals surface area contributed by atoms with E-state index in [1.165, 1.54) is 35.4 Å². The van der Waals surface area contributed by atoms with Crippen molar-refractivity contribution >= 4 is 51.1 Å². The van der Waals surface area contributed by atoms with Crippen molar-refractivity contribution in [3.05, 3.63) is 64.2 Å². The van der Waals surface area contributed by atoms with Crippen LogP contribution in [0.3, 0.4) is 0 Å². The Labute approximate surface area is 150 Å². The first kappa shape index (κ1) is 17.1. The van der Waals surface area contributed by atoms with Crippen LogP contribution in [0.2, 0.25) is 0 Å². The number of hydrazone groups is 1. The zero-order chi connectivity index (χ0) is 17.6. The first-order chi connectivity index (χ1) is 12.1. The highest BCUT2D eigenvalue weighted by Gasteiger charge is 2.10. The van der Waals surface area contributed by atoms with Crippen LogP contribution < -0.4 is 5.43 Å². The van der Waals surface area contributed by atoms with E-state index in [-0.39, 0.29) is 17.3 Å². The summed E-state index contributed by atoms with van der Waals surface area (Å²) in [4.78, 5) is 26.7. The van der Waals surface area contributed by atoms with E-state index >= 15 is 0 Å². The topological polar surface area (TPSA) is 97.5 Å². The summed E-state index contributed by atoms with van der Waals surface area (Å²) in [6.45, 7) is 0. The number of hydrogen-bond donors (Lipinski definition) is 1. The Kier molecular flexibility index (Phi) is 5.36. The average molecular weight is 372 g/mol. The number of nitro benzene ring substituents is 1. The number of nitrogens with one attached hydrogen (secondary N) is 1. The van der Waals surface area contributed by atoms with Gasteiger partial charge in [0, 0.05) is 6.07 Å². The van der Waals surface area contributed by atoms with Gasteiger partial charge in [-0.25, -0.2) is 10.4 Å². The van der Waals surface area contributed by atoms with Crippen molar-refractivity contribution in [1.29, 1.82) is 0 Å². The summed E-state index contributed by atoms with van der Waals surface area (Å²) < 4.78 is 1.87. The standard InChI is InChI=1S/C16H12N4O3S2/c21-15(10-24-16-18-12-6-2-4-8-14(12)25-16)19-17-9-11-5-1-3-7-13(11)20(22)23/h1-9H,10H2,(H,19,21). The molecule has 9 heteroatoms. The quantitative estimate of drug-likeness (QED) is 0.309. The van der Waals surface area contributed by atoms with Gasteiger partial charge in [-0.1, -0.05) is 36.0 Å². The summed E-state index contributed by atoms with van der Waals surface area (Å²) in [6, 6.07) is 13.9. The van der Waals surface area contributed by atoms with E-state index in [1.54, 1.807) is 18.2 Å². The van der Waals surface area contributed by atoms with Gasteiger partial charge in [0.15, 0.2) is 4.34 Å². The zero-order valence-corrected chi connectivity index (χ0v) is 14.4. The van der Waals surface area contributed by atoms with Crippen molar-refractivity contribution in [2.24, 2.45) is 5.10 Å². The molecule has 0 aliphatic heterocycles. The van der Waals surface area contributed by atoms with Crippen LogP contribution >= 0.6 is 23.1 Å². The predicted molar refractivity (Wildman–Crippen MR) is 99.2 cm³/mol. The summed E-state index contributed by atoms with van der Waals surface area (Å²) in [5, 5.41) is 14.7. The van der Waals surface area contributed by atoms with Crippen LogP contribution in [-0.4, -0.2) is 27.8 Å². The molecule has 3 aromatic rings. The molecule has 25 heavy (non-hydrogen) atoms. The molecule has 1 N–H and O–H groups in total. The Morgan fingerprint density at radius 3 is 2.84 bits per heavy atom. The lowest BCUT2D eigenvalue weighted by atomic mass is 10.2. The number of benzene rings is 2. The summed E-state index contributed by atoms with van der Waals surface area (Å²) in [7, 11) is 0. The smallest absolute Gasteiger partial charge is 0.272 e. The monoisotopic (exact) mass is 372 g/mol. The van der Waals surface area contributed by atoms with Gasteiger partial charge in [-0.05, 0) is 18.2 Å². The molecule has 1 amide bonds. The Bertz CT molecular complexity index is 922. The van der Waals surface area contributed by atoms with Crippen LogP contribution in [0.25, 0.3) is 10.2 Å². The molecule has 0 spiro atoms. The molecule has 0 fully saturated rings. The molecule has 0 aliphatic carbocycles. The van der Waals surface area contributed by atoms with Crippen LogP contribution in [0.15, 0.2) is 58.0 Å². The van der Waals surface area contributed by atoms with E-state index in [1.807, 2.05) is 24.3 Å². The van der Waals surface area contributed by atoms with Crippen molar-refractivity contribution in [1.82, 2.24) is 10.4 Å². The van der Waals surface area contributed by atoms with E-state index in [0.29, 0.717) is 5.56 Å². The van der Waals surface area contributed by atoms with Gasteiger partial charge >= 0.3 is 0 Å². The maximum absolute atomic E-state index is 11.8. The van der Waals surface area contributed by atoms with Gasteiger partial charge < -0.3 is 0 Å². The van der Waals surface area contributed by atoms with Crippen LogP contribution in [0.5, 0.6) is 0 Å². The molecule has 0 saturated carbocycles. The number of nitrogens with zero attached hydrogens (tertiary/aromatic N) is 3. The maximum atomic E-state index is 11.8. The van der Waals surface area contributed by atoms with Gasteiger partial charge in [0.05, 0.1) is 32.7 Å². The first-order valence-corrected chi connectivity index (χ1v) is 8.97. The van der Waals surface area contributed by atoms with Gasteiger partial charge in [-0.2, -0.15) is 5.10 Å². The molecule has 0 radical (unpaired) electrons. The second kappa shape index (κ2) is 7.86. The number of hydrogen-bond acceptors (Lipinski definition) is 7. The number of thiazole rings is 1. The SMILES string of the molecule is O=C(CSc1nc2ccccc2s1)NN=Cc1ccccc1[N+](=O)[O-]. The lowest BCUT2D eigenvalue weighted by Crippen LogP contribution is -2.19. The molecule has 0 aliphatic rings. The summed E-state index contributed by atoms with van der Waals surface area (Å²) in [5.74, 6) is -0.146. The fourth-order valence-electron chi connectivity index (χ4n) is 2.01. The summed E-state index contributed by atoms with van der Waals surface area (Å²) in [5.41, 5.74) is 3.53. The van der Waals surface area contributed by atoms with Gasteiger partial charge in [-0.15, -0.1) is 11.3 Å². The lowest BCUT2D eigenvalue weighted by Gasteiger charge is -1.98. The number of nitro groups is 1. The lowest BCUT2D eigenvalue weighted by molar-refractivity contribution is -0.385. The van der Waals surface area contributed by atoms with Crippen molar-refractivity contribution in [2.75, 3.05) is 5.75 Å². The van der Waals surface area contributed by atoms with Gasteiger partial charge in [-0.3, -0.25) is 14.9 Å². The molecular weight excluding hydrogens is 360 g/mol. The highest BCUT2D eigenvalue weighted by Crippen LogP contribution is 2.28. The molecule has 1 aromatic heterocycles. The van der Waals surface area contributed by atoms with E-state index in [0.717, 1.165) is 14.6 Å². The fourth-order valence-corrected chi connectivity index (χ4v) is 3.87. The molecular formula is C16H12N4O3S2. The minimum atomic E-state index is -0.494. The van der Waals surface area contributed by atoms with E-state index in [2.05, 4.69) is 15.5 Å². The second-order valence-electron chi connectivity index (χ2n) is 4.85. The van der Waals surface area contributed by atoms with Crippen molar-refractivity contribution in [3.8, 4) is 0 Å². The number of aromatic nitrogens is 1. The Balaban J connectivity index is 1.55. The molecule has 126 valence electrons. The third-order valence-electron chi connectivity index (χ3n) is 3.13. The van der Waals surface area contributed by atoms with Gasteiger partial charge in [0.2, 0.25) is 0 Å². The van der Waals surface area contributed by atoms with E-state index < -0.39 is 4.92 Å². The third kappa shape index (κ3) is 4.40. The Morgan fingerprint density at radius 1 is 1.28 bits per heavy atom. The molecule has 3 rings (SSSR count). The summed E-state index contributed by atoms with van der Waals surface area (Å²) in [6.07, 6.45) is 1.26. The van der Waals surface area contributed by atoms with Crippen LogP contribution in [0, 0.1) is 10.1 Å².